The number of nitrogens with zero attached hydrogens (tertiary/aromatic N) is 4. The third-order valence-electron chi connectivity index (χ3n) is 11.0. The fraction of sp³-hybridized carbons (Fsp3) is 0. The zero-order valence-corrected chi connectivity index (χ0v) is 30.4. The zero-order chi connectivity index (χ0) is 37.5. The van der Waals surface area contributed by atoms with Gasteiger partial charge in [-0.3, -0.25) is 0 Å². The summed E-state index contributed by atoms with van der Waals surface area (Å²) in [6, 6.07) is 62.7. The Balaban J connectivity index is 1.04. The van der Waals surface area contributed by atoms with Crippen molar-refractivity contribution >= 4 is 65.7 Å². The second-order valence-corrected chi connectivity index (χ2v) is 14.4. The van der Waals surface area contributed by atoms with Gasteiger partial charge in [-0.15, -0.1) is 0 Å². The number of hydrogen-bond acceptors (Lipinski definition) is 5. The molecule has 4 heterocycles. The Morgan fingerprint density at radius 1 is 0.298 bits per heavy atom. The van der Waals surface area contributed by atoms with Crippen molar-refractivity contribution in [3.05, 3.63) is 182 Å². The summed E-state index contributed by atoms with van der Waals surface area (Å²) in [5.74, 6) is 1.73. The van der Waals surface area contributed by atoms with Gasteiger partial charge in [0.05, 0.1) is 11.0 Å². The Hall–Kier alpha value is -7.83. The van der Waals surface area contributed by atoms with Crippen LogP contribution in [0.4, 0.5) is 0 Å². The van der Waals surface area contributed by atoms with Crippen molar-refractivity contribution in [2.24, 2.45) is 0 Å². The number of fused-ring (bicyclic) bond motifs is 9. The maximum Gasteiger partial charge on any atom is 0.164 e. The molecule has 0 radical (unpaired) electrons. The highest BCUT2D eigenvalue weighted by atomic mass is 16.3. The van der Waals surface area contributed by atoms with Gasteiger partial charge < -0.3 is 13.4 Å². The smallest absolute Gasteiger partial charge is 0.164 e. The van der Waals surface area contributed by atoms with E-state index in [0.29, 0.717) is 17.5 Å². The van der Waals surface area contributed by atoms with Crippen molar-refractivity contribution in [2.45, 2.75) is 0 Å². The van der Waals surface area contributed by atoms with Gasteiger partial charge in [-0.25, -0.2) is 15.0 Å². The minimum Gasteiger partial charge on any atom is -0.456 e. The van der Waals surface area contributed by atoms with Gasteiger partial charge in [0.15, 0.2) is 17.5 Å². The molecule has 8 aromatic carbocycles. The molecule has 0 N–H and O–H groups in total. The average Bonchev–Trinajstić information content (AvgIpc) is 3.94. The number of benzene rings is 8. The Kier molecular flexibility index (Phi) is 6.83. The number of aromatic nitrogens is 4. The Morgan fingerprint density at radius 2 is 0.860 bits per heavy atom. The van der Waals surface area contributed by atoms with Crippen molar-refractivity contribution < 1.29 is 8.83 Å². The van der Waals surface area contributed by atoms with Crippen LogP contribution in [0.5, 0.6) is 0 Å². The summed E-state index contributed by atoms with van der Waals surface area (Å²) in [7, 11) is 0. The number of para-hydroxylation sites is 3. The van der Waals surface area contributed by atoms with Crippen molar-refractivity contribution in [1.82, 2.24) is 19.5 Å². The lowest BCUT2D eigenvalue weighted by Gasteiger charge is -2.10. The molecule has 266 valence electrons. The Labute approximate surface area is 325 Å². The largest absolute Gasteiger partial charge is 0.456 e. The molecule has 57 heavy (non-hydrogen) atoms. The lowest BCUT2D eigenvalue weighted by Crippen LogP contribution is -2.00. The van der Waals surface area contributed by atoms with E-state index in [2.05, 4.69) is 144 Å². The first-order valence-corrected chi connectivity index (χ1v) is 19.0. The van der Waals surface area contributed by atoms with E-state index in [1.165, 1.54) is 10.8 Å². The van der Waals surface area contributed by atoms with Crippen molar-refractivity contribution in [3.63, 3.8) is 0 Å². The van der Waals surface area contributed by atoms with Crippen LogP contribution in [0.3, 0.4) is 0 Å². The van der Waals surface area contributed by atoms with Crippen LogP contribution in [0.25, 0.3) is 117 Å². The highest BCUT2D eigenvalue weighted by Crippen LogP contribution is 2.40. The third kappa shape index (κ3) is 5.08. The normalized spacial score (nSPS) is 11.9. The lowest BCUT2D eigenvalue weighted by molar-refractivity contribution is 0.668. The molecule has 0 unspecified atom stereocenters. The summed E-state index contributed by atoms with van der Waals surface area (Å²) in [4.78, 5) is 15.4. The minimum atomic E-state index is 0.561. The van der Waals surface area contributed by atoms with Crippen LogP contribution in [-0.4, -0.2) is 19.5 Å². The highest BCUT2D eigenvalue weighted by molar-refractivity contribution is 6.17. The second-order valence-electron chi connectivity index (χ2n) is 14.4. The van der Waals surface area contributed by atoms with Gasteiger partial charge >= 0.3 is 0 Å². The second kappa shape index (κ2) is 12.3. The van der Waals surface area contributed by atoms with E-state index in [9.17, 15) is 0 Å². The van der Waals surface area contributed by atoms with Gasteiger partial charge in [0, 0.05) is 60.8 Å². The molecule has 0 amide bonds. The average molecular weight is 731 g/mol. The monoisotopic (exact) mass is 730 g/mol. The maximum absolute atomic E-state index is 6.69. The van der Waals surface area contributed by atoms with Crippen LogP contribution in [-0.2, 0) is 0 Å². The number of hydrogen-bond donors (Lipinski definition) is 0. The predicted octanol–water partition coefficient (Wildman–Crippen LogP) is 13.4. The molecule has 6 nitrogen and oxygen atoms in total. The van der Waals surface area contributed by atoms with E-state index in [4.69, 9.17) is 23.8 Å². The first-order valence-electron chi connectivity index (χ1n) is 19.0. The van der Waals surface area contributed by atoms with Gasteiger partial charge in [-0.1, -0.05) is 109 Å². The van der Waals surface area contributed by atoms with Gasteiger partial charge in [0.1, 0.15) is 22.3 Å². The molecule has 0 saturated heterocycles. The summed E-state index contributed by atoms with van der Waals surface area (Å²) in [6.45, 7) is 0. The summed E-state index contributed by atoms with van der Waals surface area (Å²) in [5.41, 5.74) is 11.5. The fourth-order valence-corrected chi connectivity index (χ4v) is 8.33. The first-order chi connectivity index (χ1) is 28.2. The quantitative estimate of drug-likeness (QED) is 0.176. The molecule has 0 aliphatic rings. The molecule has 0 bridgehead atoms. The Morgan fingerprint density at radius 3 is 1.68 bits per heavy atom. The molecule has 0 spiro atoms. The van der Waals surface area contributed by atoms with E-state index < -0.39 is 0 Å². The maximum atomic E-state index is 6.69. The van der Waals surface area contributed by atoms with E-state index in [1.54, 1.807) is 0 Å². The van der Waals surface area contributed by atoms with Gasteiger partial charge in [-0.2, -0.15) is 0 Å². The summed E-state index contributed by atoms with van der Waals surface area (Å²) >= 11 is 0. The van der Waals surface area contributed by atoms with Crippen LogP contribution in [0.2, 0.25) is 0 Å². The molecular formula is C51H30N4O2. The SMILES string of the molecule is c1ccc(-c2cccc(-c3nc(-c4ccc5c(c4)oc4cc6c(cc45)c4ccccc4n6-c4ccccc4)nc(-c4ccc5oc6ccccc6c5c4)n3)c2)cc1. The van der Waals surface area contributed by atoms with E-state index >= 15 is 0 Å². The molecule has 12 rings (SSSR count). The fourth-order valence-electron chi connectivity index (χ4n) is 8.33. The van der Waals surface area contributed by atoms with Crippen LogP contribution >= 0.6 is 0 Å². The molecule has 0 atom stereocenters. The van der Waals surface area contributed by atoms with E-state index in [-0.39, 0.29) is 0 Å². The van der Waals surface area contributed by atoms with Crippen LogP contribution in [0, 0.1) is 0 Å². The molecular weight excluding hydrogens is 701 g/mol. The number of furan rings is 2. The topological polar surface area (TPSA) is 69.9 Å². The molecule has 0 aliphatic heterocycles. The van der Waals surface area contributed by atoms with Crippen LogP contribution in [0.15, 0.2) is 191 Å². The molecule has 6 heteroatoms. The predicted molar refractivity (Wildman–Crippen MR) is 230 cm³/mol. The summed E-state index contributed by atoms with van der Waals surface area (Å²) < 4.78 is 15.2. The van der Waals surface area contributed by atoms with Crippen LogP contribution in [0.1, 0.15) is 0 Å². The van der Waals surface area contributed by atoms with Gasteiger partial charge in [0.2, 0.25) is 0 Å². The van der Waals surface area contributed by atoms with Crippen molar-refractivity contribution in [3.8, 4) is 51.0 Å². The molecule has 4 aromatic heterocycles. The highest BCUT2D eigenvalue weighted by Gasteiger charge is 2.19. The minimum absolute atomic E-state index is 0.561. The lowest BCUT2D eigenvalue weighted by atomic mass is 10.0. The van der Waals surface area contributed by atoms with Gasteiger partial charge in [-0.05, 0) is 77.9 Å². The Bertz CT molecular complexity index is 3530. The molecule has 0 aliphatic carbocycles. The van der Waals surface area contributed by atoms with Crippen molar-refractivity contribution in [1.29, 1.82) is 0 Å². The van der Waals surface area contributed by atoms with E-state index in [0.717, 1.165) is 88.4 Å². The molecule has 12 aromatic rings. The third-order valence-corrected chi connectivity index (χ3v) is 11.0. The van der Waals surface area contributed by atoms with E-state index in [1.807, 2.05) is 42.5 Å². The number of rotatable bonds is 5. The summed E-state index contributed by atoms with van der Waals surface area (Å²) in [5, 5.41) is 6.55. The summed E-state index contributed by atoms with van der Waals surface area (Å²) in [6.07, 6.45) is 0. The molecule has 0 fully saturated rings. The first kappa shape index (κ1) is 31.5. The van der Waals surface area contributed by atoms with Gasteiger partial charge in [0.25, 0.3) is 0 Å². The van der Waals surface area contributed by atoms with Crippen LogP contribution < -0.4 is 0 Å². The van der Waals surface area contributed by atoms with Crippen molar-refractivity contribution in [2.75, 3.05) is 0 Å². The standard InChI is InChI=1S/C51H30N4O2/c1-3-12-31(13-4-1)32-14-11-15-33(26-32)49-52-50(34-23-25-46-41(27-34)38-19-8-10-21-45(38)56-46)54-51(53-49)35-22-24-39-42-29-40-37-18-7-9-20-43(37)55(36-16-5-2-6-17-36)44(40)30-48(42)57-47(39)28-35/h1-30H. The molecule has 0 saturated carbocycles. The zero-order valence-electron chi connectivity index (χ0n) is 30.4.